The van der Waals surface area contributed by atoms with Gasteiger partial charge in [0.2, 0.25) is 0 Å². The highest BCUT2D eigenvalue weighted by atomic mass is 16.6. The number of nitrogen functional groups attached to an aromatic ring is 1. The van der Waals surface area contributed by atoms with Gasteiger partial charge in [0.15, 0.2) is 0 Å². The molecule has 6 nitrogen and oxygen atoms in total. The van der Waals surface area contributed by atoms with Crippen molar-refractivity contribution in [3.05, 3.63) is 42.5 Å². The topological polar surface area (TPSA) is 78.5 Å². The van der Waals surface area contributed by atoms with Crippen LogP contribution in [0.2, 0.25) is 0 Å². The van der Waals surface area contributed by atoms with Crippen LogP contribution in [0.5, 0.6) is 5.75 Å². The second kappa shape index (κ2) is 8.41. The van der Waals surface area contributed by atoms with Gasteiger partial charge in [0.1, 0.15) is 11.9 Å². The Bertz CT molecular complexity index is 1130. The zero-order chi connectivity index (χ0) is 22.2. The second-order valence-corrected chi connectivity index (χ2v) is 8.98. The van der Waals surface area contributed by atoms with E-state index in [9.17, 15) is 4.79 Å². The third-order valence-corrected chi connectivity index (χ3v) is 6.75. The lowest BCUT2D eigenvalue weighted by atomic mass is 9.92. The number of fused-ring (bicyclic) bond motifs is 1. The Balaban J connectivity index is 1.44. The number of rotatable bonds is 7. The van der Waals surface area contributed by atoms with Crippen LogP contribution in [0.3, 0.4) is 0 Å². The number of carbonyl (C=O) groups excluding carboxylic acids is 1. The van der Waals surface area contributed by atoms with Gasteiger partial charge in [-0.15, -0.1) is 0 Å². The molecule has 3 aromatic rings. The lowest BCUT2D eigenvalue weighted by Crippen LogP contribution is -2.21. The van der Waals surface area contributed by atoms with Crippen molar-refractivity contribution < 1.29 is 14.3 Å². The van der Waals surface area contributed by atoms with E-state index in [2.05, 4.69) is 16.0 Å². The number of anilines is 2. The molecule has 0 bridgehead atoms. The molecule has 6 heteroatoms. The van der Waals surface area contributed by atoms with Crippen LogP contribution in [0, 0.1) is 5.92 Å². The number of nitrogens with one attached hydrogen (secondary N) is 1. The van der Waals surface area contributed by atoms with Crippen LogP contribution in [0.25, 0.3) is 22.2 Å². The van der Waals surface area contributed by atoms with Gasteiger partial charge in [-0.1, -0.05) is 12.1 Å². The SMILES string of the molecule is CCOc1ccc2c(c1)c(N)c(-c1ccc(NC(=O)OC(C)C3CC3)cc1)n2C1CCC1. The molecule has 2 aliphatic carbocycles. The third kappa shape index (κ3) is 3.90. The van der Waals surface area contributed by atoms with Gasteiger partial charge in [-0.25, -0.2) is 4.79 Å². The Morgan fingerprint density at radius 2 is 1.91 bits per heavy atom. The normalized spacial score (nSPS) is 17.1. The first kappa shape index (κ1) is 20.7. The van der Waals surface area contributed by atoms with Gasteiger partial charge in [0.25, 0.3) is 0 Å². The van der Waals surface area contributed by atoms with E-state index >= 15 is 0 Å². The summed E-state index contributed by atoms with van der Waals surface area (Å²) in [6, 6.07) is 14.5. The van der Waals surface area contributed by atoms with Gasteiger partial charge in [0, 0.05) is 22.7 Å². The van der Waals surface area contributed by atoms with Crippen LogP contribution >= 0.6 is 0 Å². The van der Waals surface area contributed by atoms with E-state index in [0.29, 0.717) is 24.3 Å². The fourth-order valence-electron chi connectivity index (χ4n) is 4.58. The van der Waals surface area contributed by atoms with Gasteiger partial charge in [-0.3, -0.25) is 5.32 Å². The molecule has 2 saturated carbocycles. The summed E-state index contributed by atoms with van der Waals surface area (Å²) in [6.45, 7) is 4.56. The number of hydrogen-bond donors (Lipinski definition) is 2. The average Bonchev–Trinajstić information content (AvgIpc) is 3.55. The molecular weight excluding hydrogens is 402 g/mol. The number of aromatic nitrogens is 1. The first-order valence-electron chi connectivity index (χ1n) is 11.7. The lowest BCUT2D eigenvalue weighted by Gasteiger charge is -2.30. The van der Waals surface area contributed by atoms with Gasteiger partial charge >= 0.3 is 6.09 Å². The molecule has 1 amide bonds. The summed E-state index contributed by atoms with van der Waals surface area (Å²) in [5.41, 5.74) is 11.4. The Labute approximate surface area is 188 Å². The van der Waals surface area contributed by atoms with Crippen LogP contribution in [0.4, 0.5) is 16.2 Å². The third-order valence-electron chi connectivity index (χ3n) is 6.75. The molecule has 0 spiro atoms. The van der Waals surface area contributed by atoms with Crippen LogP contribution in [0.15, 0.2) is 42.5 Å². The van der Waals surface area contributed by atoms with E-state index in [-0.39, 0.29) is 6.10 Å². The summed E-state index contributed by atoms with van der Waals surface area (Å²) in [4.78, 5) is 12.2. The molecule has 2 aromatic carbocycles. The Morgan fingerprint density at radius 1 is 1.16 bits per heavy atom. The van der Waals surface area contributed by atoms with Crippen LogP contribution < -0.4 is 15.8 Å². The van der Waals surface area contributed by atoms with Crippen molar-refractivity contribution in [3.8, 4) is 17.0 Å². The van der Waals surface area contributed by atoms with Crippen molar-refractivity contribution >= 4 is 28.4 Å². The zero-order valence-corrected chi connectivity index (χ0v) is 18.8. The molecule has 1 unspecified atom stereocenters. The highest BCUT2D eigenvalue weighted by Crippen LogP contribution is 2.45. The standard InChI is InChI=1S/C26H31N3O3/c1-3-31-21-13-14-23-22(15-21)24(27)25(29(23)20-5-4-6-20)18-9-11-19(12-10-18)28-26(30)32-16(2)17-7-8-17/h9-17,20H,3-8,27H2,1-2H3,(H,28,30). The number of nitrogens with zero attached hydrogens (tertiary/aromatic N) is 1. The maximum absolute atomic E-state index is 12.2. The number of hydrogen-bond acceptors (Lipinski definition) is 4. The first-order valence-corrected chi connectivity index (χ1v) is 11.7. The quantitative estimate of drug-likeness (QED) is 0.454. The predicted molar refractivity (Wildman–Crippen MR) is 128 cm³/mol. The lowest BCUT2D eigenvalue weighted by molar-refractivity contribution is 0.108. The molecule has 2 fully saturated rings. The molecule has 2 aliphatic rings. The molecule has 1 heterocycles. The minimum atomic E-state index is -0.399. The van der Waals surface area contributed by atoms with Gasteiger partial charge in [-0.05, 0) is 82.2 Å². The van der Waals surface area contributed by atoms with E-state index in [1.807, 2.05) is 50.2 Å². The molecule has 0 saturated heterocycles. The van der Waals surface area contributed by atoms with Gasteiger partial charge in [-0.2, -0.15) is 0 Å². The summed E-state index contributed by atoms with van der Waals surface area (Å²) in [5, 5.41) is 3.87. The fourth-order valence-corrected chi connectivity index (χ4v) is 4.58. The Morgan fingerprint density at radius 3 is 2.53 bits per heavy atom. The first-order chi connectivity index (χ1) is 15.5. The summed E-state index contributed by atoms with van der Waals surface area (Å²) in [7, 11) is 0. The van der Waals surface area contributed by atoms with Gasteiger partial charge in [0.05, 0.1) is 23.5 Å². The molecule has 0 aliphatic heterocycles. The number of ether oxygens (including phenoxy) is 2. The summed E-state index contributed by atoms with van der Waals surface area (Å²) in [5.74, 6) is 1.35. The Kier molecular flexibility index (Phi) is 5.45. The molecule has 5 rings (SSSR count). The summed E-state index contributed by atoms with van der Waals surface area (Å²) in [6.07, 6.45) is 5.42. The molecule has 0 radical (unpaired) electrons. The monoisotopic (exact) mass is 433 g/mol. The summed E-state index contributed by atoms with van der Waals surface area (Å²) >= 11 is 0. The highest BCUT2D eigenvalue weighted by Gasteiger charge is 2.31. The summed E-state index contributed by atoms with van der Waals surface area (Å²) < 4.78 is 13.6. The molecule has 1 aromatic heterocycles. The van der Waals surface area contributed by atoms with Crippen LogP contribution in [0.1, 0.15) is 52.0 Å². The average molecular weight is 434 g/mol. The number of amides is 1. The van der Waals surface area contributed by atoms with Crippen molar-refractivity contribution in [2.45, 2.75) is 58.1 Å². The maximum atomic E-state index is 12.2. The van der Waals surface area contributed by atoms with E-state index in [4.69, 9.17) is 15.2 Å². The zero-order valence-electron chi connectivity index (χ0n) is 18.8. The minimum absolute atomic E-state index is 0.0335. The molecule has 168 valence electrons. The molecule has 32 heavy (non-hydrogen) atoms. The number of benzene rings is 2. The van der Waals surface area contributed by atoms with E-state index in [1.54, 1.807) is 0 Å². The van der Waals surface area contributed by atoms with Crippen molar-refractivity contribution in [3.63, 3.8) is 0 Å². The van der Waals surface area contributed by atoms with Crippen LogP contribution in [-0.4, -0.2) is 23.4 Å². The Hall–Kier alpha value is -3.15. The number of carbonyl (C=O) groups is 1. The molecular formula is C26H31N3O3. The molecule has 3 N–H and O–H groups in total. The minimum Gasteiger partial charge on any atom is -0.494 e. The van der Waals surface area contributed by atoms with Crippen molar-refractivity contribution in [2.24, 2.45) is 5.92 Å². The predicted octanol–water partition coefficient (Wildman–Crippen LogP) is 6.36. The smallest absolute Gasteiger partial charge is 0.411 e. The molecule has 1 atom stereocenters. The second-order valence-electron chi connectivity index (χ2n) is 8.98. The van der Waals surface area contributed by atoms with Crippen molar-refractivity contribution in [1.82, 2.24) is 4.57 Å². The van der Waals surface area contributed by atoms with E-state index in [1.165, 1.54) is 6.42 Å². The van der Waals surface area contributed by atoms with E-state index < -0.39 is 6.09 Å². The van der Waals surface area contributed by atoms with Crippen molar-refractivity contribution in [1.29, 1.82) is 0 Å². The maximum Gasteiger partial charge on any atom is 0.411 e. The van der Waals surface area contributed by atoms with Gasteiger partial charge < -0.3 is 19.8 Å². The van der Waals surface area contributed by atoms with Crippen molar-refractivity contribution in [2.75, 3.05) is 17.7 Å². The largest absolute Gasteiger partial charge is 0.494 e. The van der Waals surface area contributed by atoms with E-state index in [0.717, 1.165) is 59.3 Å². The highest BCUT2D eigenvalue weighted by molar-refractivity contribution is 6.02. The number of nitrogens with two attached hydrogens (primary N) is 1. The van der Waals surface area contributed by atoms with Crippen LogP contribution in [-0.2, 0) is 4.74 Å². The fraction of sp³-hybridized carbons (Fsp3) is 0.423.